The van der Waals surface area contributed by atoms with Gasteiger partial charge in [0.2, 0.25) is 0 Å². The Morgan fingerprint density at radius 3 is 2.57 bits per heavy atom. The summed E-state index contributed by atoms with van der Waals surface area (Å²) in [5.41, 5.74) is 0.687. The van der Waals surface area contributed by atoms with Crippen molar-refractivity contribution in [1.29, 1.82) is 4.78 Å². The number of aryl methyl sites for hydroxylation is 1. The summed E-state index contributed by atoms with van der Waals surface area (Å²) in [4.78, 5) is 12.5. The first kappa shape index (κ1) is 18.9. The number of alkyl halides is 3. The van der Waals surface area contributed by atoms with Gasteiger partial charge in [0.05, 0.1) is 31.9 Å². The standard InChI is InChI=1S/C18H18F3N5OS/c1-3-28(22,27)14-6-11(10-4-5-10)8-24-16(14)17-25-12-7-15(18(19,20)21)23-9-13(12)26(17)2/h6-10,22H,3-5H2,1-2H3. The molecule has 4 rings (SSSR count). The molecule has 1 aliphatic rings. The number of hydrogen-bond acceptors (Lipinski definition) is 5. The maximum Gasteiger partial charge on any atom is 0.433 e. The Kier molecular flexibility index (Phi) is 4.22. The number of halogens is 3. The van der Waals surface area contributed by atoms with E-state index in [0.717, 1.165) is 30.7 Å². The topological polar surface area (TPSA) is 84.5 Å². The van der Waals surface area contributed by atoms with Crippen LogP contribution < -0.4 is 0 Å². The summed E-state index contributed by atoms with van der Waals surface area (Å²) in [6.45, 7) is 1.66. The summed E-state index contributed by atoms with van der Waals surface area (Å²) in [5.74, 6) is 0.743. The molecule has 0 aromatic carbocycles. The van der Waals surface area contributed by atoms with Gasteiger partial charge in [-0.15, -0.1) is 0 Å². The van der Waals surface area contributed by atoms with Crippen LogP contribution in [0.5, 0.6) is 0 Å². The first-order valence-corrected chi connectivity index (χ1v) is 10.5. The quantitative estimate of drug-likeness (QED) is 0.694. The van der Waals surface area contributed by atoms with Crippen LogP contribution in [-0.2, 0) is 23.0 Å². The maximum absolute atomic E-state index is 13.0. The summed E-state index contributed by atoms with van der Waals surface area (Å²) < 4.78 is 61.6. The van der Waals surface area contributed by atoms with Crippen molar-refractivity contribution in [3.8, 4) is 11.5 Å². The van der Waals surface area contributed by atoms with Crippen molar-refractivity contribution in [2.75, 3.05) is 5.75 Å². The van der Waals surface area contributed by atoms with Gasteiger partial charge in [0.1, 0.15) is 11.4 Å². The molecular formula is C18H18F3N5OS. The van der Waals surface area contributed by atoms with Crippen LogP contribution in [0.2, 0.25) is 0 Å². The molecule has 0 bridgehead atoms. The highest BCUT2D eigenvalue weighted by atomic mass is 32.2. The van der Waals surface area contributed by atoms with Crippen LogP contribution >= 0.6 is 0 Å². The lowest BCUT2D eigenvalue weighted by molar-refractivity contribution is -0.141. The van der Waals surface area contributed by atoms with Crippen molar-refractivity contribution in [1.82, 2.24) is 19.5 Å². The molecule has 0 amide bonds. The predicted molar refractivity (Wildman–Crippen MR) is 98.4 cm³/mol. The molecule has 0 spiro atoms. The number of aromatic nitrogens is 4. The molecular weight excluding hydrogens is 391 g/mol. The molecule has 28 heavy (non-hydrogen) atoms. The number of pyridine rings is 2. The van der Waals surface area contributed by atoms with Crippen LogP contribution in [0.3, 0.4) is 0 Å². The summed E-state index contributed by atoms with van der Waals surface area (Å²) in [7, 11) is -1.47. The Morgan fingerprint density at radius 2 is 1.96 bits per heavy atom. The first-order chi connectivity index (χ1) is 13.1. The lowest BCUT2D eigenvalue weighted by Gasteiger charge is -2.12. The van der Waals surface area contributed by atoms with Crippen molar-refractivity contribution in [3.05, 3.63) is 35.8 Å². The van der Waals surface area contributed by atoms with E-state index in [9.17, 15) is 17.4 Å². The average Bonchev–Trinajstić information content (AvgIpc) is 3.45. The van der Waals surface area contributed by atoms with Gasteiger partial charge in [-0.3, -0.25) is 4.98 Å². The highest BCUT2D eigenvalue weighted by Crippen LogP contribution is 2.41. The molecule has 6 nitrogen and oxygen atoms in total. The second-order valence-electron chi connectivity index (χ2n) is 6.90. The second kappa shape index (κ2) is 6.26. The van der Waals surface area contributed by atoms with Crippen molar-refractivity contribution in [2.24, 2.45) is 7.05 Å². The number of imidazole rings is 1. The van der Waals surface area contributed by atoms with E-state index in [2.05, 4.69) is 15.0 Å². The molecule has 1 aliphatic carbocycles. The predicted octanol–water partition coefficient (Wildman–Crippen LogP) is 4.35. The van der Waals surface area contributed by atoms with E-state index in [1.807, 2.05) is 0 Å². The van der Waals surface area contributed by atoms with Crippen LogP contribution in [0.15, 0.2) is 29.4 Å². The van der Waals surface area contributed by atoms with Crippen LogP contribution in [0.1, 0.15) is 36.9 Å². The van der Waals surface area contributed by atoms with E-state index in [0.29, 0.717) is 11.4 Å². The molecule has 1 fully saturated rings. The van der Waals surface area contributed by atoms with Crippen molar-refractivity contribution in [3.63, 3.8) is 0 Å². The zero-order chi connectivity index (χ0) is 20.3. The molecule has 1 N–H and O–H groups in total. The minimum atomic E-state index is -4.57. The Labute approximate surface area is 159 Å². The van der Waals surface area contributed by atoms with Crippen molar-refractivity contribution < 1.29 is 17.4 Å². The largest absolute Gasteiger partial charge is 0.433 e. The van der Waals surface area contributed by atoms with E-state index in [-0.39, 0.29) is 27.7 Å². The van der Waals surface area contributed by atoms with Gasteiger partial charge < -0.3 is 4.57 Å². The zero-order valence-electron chi connectivity index (χ0n) is 15.2. The van der Waals surface area contributed by atoms with Crippen LogP contribution in [0.25, 0.3) is 22.6 Å². The molecule has 0 saturated heterocycles. The normalized spacial score (nSPS) is 17.0. The van der Waals surface area contributed by atoms with Crippen molar-refractivity contribution in [2.45, 2.75) is 36.8 Å². The summed E-state index contributed by atoms with van der Waals surface area (Å²) in [5, 5.41) is 0. The summed E-state index contributed by atoms with van der Waals surface area (Å²) in [6.07, 6.45) is 0.290. The molecule has 0 aliphatic heterocycles. The van der Waals surface area contributed by atoms with E-state index in [1.165, 1.54) is 0 Å². The molecule has 3 aromatic heterocycles. The van der Waals surface area contributed by atoms with E-state index >= 15 is 0 Å². The van der Waals surface area contributed by atoms with Gasteiger partial charge in [-0.05, 0) is 36.5 Å². The van der Waals surface area contributed by atoms with Gasteiger partial charge in [-0.1, -0.05) is 6.92 Å². The zero-order valence-corrected chi connectivity index (χ0v) is 16.1. The van der Waals surface area contributed by atoms with Crippen LogP contribution in [-0.4, -0.2) is 29.5 Å². The van der Waals surface area contributed by atoms with Gasteiger partial charge in [0.15, 0.2) is 5.82 Å². The molecule has 1 atom stereocenters. The molecule has 148 valence electrons. The molecule has 3 heterocycles. The van der Waals surface area contributed by atoms with E-state index < -0.39 is 21.6 Å². The van der Waals surface area contributed by atoms with Crippen LogP contribution in [0, 0.1) is 4.78 Å². The lowest BCUT2D eigenvalue weighted by atomic mass is 10.2. The third-order valence-corrected chi connectivity index (χ3v) is 6.79. The van der Waals surface area contributed by atoms with Gasteiger partial charge in [0.25, 0.3) is 0 Å². The molecule has 0 radical (unpaired) electrons. The van der Waals surface area contributed by atoms with Gasteiger partial charge in [-0.25, -0.2) is 19.0 Å². The van der Waals surface area contributed by atoms with Crippen LogP contribution in [0.4, 0.5) is 13.2 Å². The third kappa shape index (κ3) is 3.15. The fraction of sp³-hybridized carbons (Fsp3) is 0.389. The monoisotopic (exact) mass is 409 g/mol. The second-order valence-corrected chi connectivity index (χ2v) is 9.27. The number of hydrogen-bond donors (Lipinski definition) is 1. The molecule has 1 saturated carbocycles. The fourth-order valence-electron chi connectivity index (χ4n) is 3.13. The molecule has 1 unspecified atom stereocenters. The third-order valence-electron chi connectivity index (χ3n) is 4.95. The minimum Gasteiger partial charge on any atom is -0.325 e. The van der Waals surface area contributed by atoms with Gasteiger partial charge in [0, 0.05) is 19.0 Å². The maximum atomic E-state index is 13.0. The molecule has 3 aromatic rings. The summed E-state index contributed by atoms with van der Waals surface area (Å²) in [6, 6.07) is 2.63. The number of fused-ring (bicyclic) bond motifs is 1. The highest BCUT2D eigenvalue weighted by Gasteiger charge is 2.33. The van der Waals surface area contributed by atoms with E-state index in [4.69, 9.17) is 4.78 Å². The van der Waals surface area contributed by atoms with E-state index in [1.54, 1.807) is 30.8 Å². The highest BCUT2D eigenvalue weighted by molar-refractivity contribution is 7.92. The van der Waals surface area contributed by atoms with Gasteiger partial charge in [-0.2, -0.15) is 13.2 Å². The number of rotatable bonds is 4. The van der Waals surface area contributed by atoms with Gasteiger partial charge >= 0.3 is 6.18 Å². The smallest absolute Gasteiger partial charge is 0.325 e. The fourth-order valence-corrected chi connectivity index (χ4v) is 4.22. The average molecular weight is 409 g/mol. The van der Waals surface area contributed by atoms with Crippen molar-refractivity contribution >= 4 is 20.8 Å². The number of nitrogens with one attached hydrogen (secondary N) is 1. The molecule has 10 heteroatoms. The number of nitrogens with zero attached hydrogens (tertiary/aromatic N) is 4. The Bertz CT molecular complexity index is 1180. The first-order valence-electron chi connectivity index (χ1n) is 8.78. The Morgan fingerprint density at radius 1 is 1.25 bits per heavy atom. The Hall–Kier alpha value is -2.49. The minimum absolute atomic E-state index is 0.111. The summed E-state index contributed by atoms with van der Waals surface area (Å²) >= 11 is 0. The lowest BCUT2D eigenvalue weighted by Crippen LogP contribution is -2.08. The SMILES string of the molecule is CCS(=N)(=O)c1cc(C2CC2)cnc1-c1nc2cc(C(F)(F)F)ncc2n1C. The Balaban J connectivity index is 1.93.